The maximum Gasteiger partial charge on any atom is 0.338 e. The minimum atomic E-state index is -3.39. The number of ether oxygens (including phenoxy) is 1. The summed E-state index contributed by atoms with van der Waals surface area (Å²) in [5.74, 6) is -0.0945. The van der Waals surface area contributed by atoms with Gasteiger partial charge in [-0.05, 0) is 24.6 Å². The smallest absolute Gasteiger partial charge is 0.338 e. The van der Waals surface area contributed by atoms with Crippen LogP contribution in [0.2, 0.25) is 0 Å². The zero-order valence-electron chi connectivity index (χ0n) is 11.8. The Balaban J connectivity index is 2.18. The van der Waals surface area contributed by atoms with Gasteiger partial charge in [-0.1, -0.05) is 6.07 Å². The molecule has 0 aliphatic carbocycles. The Labute approximate surface area is 121 Å². The van der Waals surface area contributed by atoms with Crippen molar-refractivity contribution in [1.29, 1.82) is 0 Å². The highest BCUT2D eigenvalue weighted by molar-refractivity contribution is 7.90. The zero-order valence-corrected chi connectivity index (χ0v) is 12.6. The molecule has 1 aromatic carbocycles. The normalized spacial score (nSPS) is 11.4. The topological polar surface area (TPSA) is 99.4 Å². The lowest BCUT2D eigenvalue weighted by atomic mass is 10.1. The van der Waals surface area contributed by atoms with Gasteiger partial charge in [-0.2, -0.15) is 0 Å². The third kappa shape index (κ3) is 3.66. The van der Waals surface area contributed by atoms with Crippen LogP contribution in [0.5, 0.6) is 0 Å². The van der Waals surface area contributed by atoms with E-state index in [0.717, 1.165) is 6.26 Å². The van der Waals surface area contributed by atoms with Crippen LogP contribution in [0.4, 0.5) is 0 Å². The van der Waals surface area contributed by atoms with Gasteiger partial charge in [0, 0.05) is 13.2 Å². The van der Waals surface area contributed by atoms with Crippen LogP contribution in [0.1, 0.15) is 27.7 Å². The van der Waals surface area contributed by atoms with Gasteiger partial charge < -0.3 is 9.15 Å². The molecular formula is C13H14N2O5S. The van der Waals surface area contributed by atoms with Crippen molar-refractivity contribution in [1.82, 2.24) is 10.2 Å². The quantitative estimate of drug-likeness (QED) is 0.788. The van der Waals surface area contributed by atoms with Crippen LogP contribution < -0.4 is 0 Å². The van der Waals surface area contributed by atoms with E-state index in [9.17, 15) is 13.2 Å². The SMILES string of the molecule is Cc1nnc(COC(=O)c2cc(S(C)(=O)=O)ccc2C)o1. The van der Waals surface area contributed by atoms with E-state index in [1.165, 1.54) is 12.1 Å². The average Bonchev–Trinajstić information content (AvgIpc) is 2.81. The van der Waals surface area contributed by atoms with Crippen LogP contribution >= 0.6 is 0 Å². The molecule has 0 spiro atoms. The van der Waals surface area contributed by atoms with Crippen LogP contribution in [0.3, 0.4) is 0 Å². The van der Waals surface area contributed by atoms with Crippen molar-refractivity contribution >= 4 is 15.8 Å². The molecule has 0 radical (unpaired) electrons. The molecule has 1 heterocycles. The van der Waals surface area contributed by atoms with Gasteiger partial charge in [0.1, 0.15) is 0 Å². The Bertz CT molecular complexity index is 780. The van der Waals surface area contributed by atoms with Gasteiger partial charge in [0.15, 0.2) is 16.4 Å². The van der Waals surface area contributed by atoms with Gasteiger partial charge >= 0.3 is 5.97 Å². The molecule has 0 amide bonds. The lowest BCUT2D eigenvalue weighted by Crippen LogP contribution is -2.09. The summed E-state index contributed by atoms with van der Waals surface area (Å²) in [4.78, 5) is 12.1. The number of benzene rings is 1. The standard InChI is InChI=1S/C13H14N2O5S/c1-8-4-5-10(21(3,17)18)6-11(8)13(16)19-7-12-15-14-9(2)20-12/h4-6H,7H2,1-3H3. The van der Waals surface area contributed by atoms with Gasteiger partial charge in [0.25, 0.3) is 5.89 Å². The first-order valence-corrected chi connectivity index (χ1v) is 7.93. The van der Waals surface area contributed by atoms with Crippen molar-refractivity contribution in [3.63, 3.8) is 0 Å². The van der Waals surface area contributed by atoms with E-state index in [2.05, 4.69) is 10.2 Å². The van der Waals surface area contributed by atoms with Gasteiger partial charge in [0.2, 0.25) is 5.89 Å². The van der Waals surface area contributed by atoms with E-state index in [4.69, 9.17) is 9.15 Å². The Kier molecular flexibility index (Phi) is 4.08. The number of carbonyl (C=O) groups excluding carboxylic acids is 1. The molecule has 2 rings (SSSR count). The molecular weight excluding hydrogens is 296 g/mol. The Hall–Kier alpha value is -2.22. The first kappa shape index (κ1) is 15.2. The molecule has 0 saturated heterocycles. The number of hydrogen-bond donors (Lipinski definition) is 0. The minimum Gasteiger partial charge on any atom is -0.452 e. The van der Waals surface area contributed by atoms with Crippen LogP contribution in [0.15, 0.2) is 27.5 Å². The summed E-state index contributed by atoms with van der Waals surface area (Å²) in [6, 6.07) is 4.30. The van der Waals surface area contributed by atoms with Crippen molar-refractivity contribution in [2.24, 2.45) is 0 Å². The first-order valence-electron chi connectivity index (χ1n) is 6.04. The predicted octanol–water partition coefficient (Wildman–Crippen LogP) is 1.45. The second kappa shape index (κ2) is 5.65. The van der Waals surface area contributed by atoms with Crippen molar-refractivity contribution in [2.45, 2.75) is 25.3 Å². The first-order chi connectivity index (χ1) is 9.77. The third-order valence-corrected chi connectivity index (χ3v) is 3.86. The Morgan fingerprint density at radius 2 is 2.00 bits per heavy atom. The summed E-state index contributed by atoms with van der Waals surface area (Å²) in [5, 5.41) is 7.31. The Morgan fingerprint density at radius 1 is 1.29 bits per heavy atom. The molecule has 0 atom stereocenters. The summed E-state index contributed by atoms with van der Waals surface area (Å²) in [6.45, 7) is 3.15. The molecule has 0 unspecified atom stereocenters. The summed E-state index contributed by atoms with van der Waals surface area (Å²) in [6.07, 6.45) is 1.08. The van der Waals surface area contributed by atoms with E-state index in [-0.39, 0.29) is 23.0 Å². The molecule has 0 N–H and O–H groups in total. The summed E-state index contributed by atoms with van der Waals surface area (Å²) >= 11 is 0. The molecule has 7 nitrogen and oxygen atoms in total. The maximum atomic E-state index is 12.0. The number of carbonyl (C=O) groups is 1. The van der Waals surface area contributed by atoms with E-state index >= 15 is 0 Å². The van der Waals surface area contributed by atoms with Crippen LogP contribution in [-0.4, -0.2) is 30.8 Å². The van der Waals surface area contributed by atoms with Crippen LogP contribution in [0.25, 0.3) is 0 Å². The van der Waals surface area contributed by atoms with Gasteiger partial charge in [-0.15, -0.1) is 10.2 Å². The molecule has 0 saturated carbocycles. The summed E-state index contributed by atoms with van der Waals surface area (Å²) in [7, 11) is -3.39. The average molecular weight is 310 g/mol. The largest absolute Gasteiger partial charge is 0.452 e. The molecule has 0 aliphatic rings. The highest BCUT2D eigenvalue weighted by Gasteiger charge is 2.16. The zero-order chi connectivity index (χ0) is 15.6. The second-order valence-corrected chi connectivity index (χ2v) is 6.56. The fraction of sp³-hybridized carbons (Fsp3) is 0.308. The van der Waals surface area contributed by atoms with Crippen molar-refractivity contribution < 1.29 is 22.4 Å². The van der Waals surface area contributed by atoms with Crippen molar-refractivity contribution in [2.75, 3.05) is 6.26 Å². The number of rotatable bonds is 4. The highest BCUT2D eigenvalue weighted by Crippen LogP contribution is 2.17. The van der Waals surface area contributed by atoms with E-state index in [1.807, 2.05) is 0 Å². The van der Waals surface area contributed by atoms with Crippen LogP contribution in [0, 0.1) is 13.8 Å². The molecule has 0 fully saturated rings. The third-order valence-electron chi connectivity index (χ3n) is 2.75. The molecule has 2 aromatic rings. The molecule has 0 bridgehead atoms. The van der Waals surface area contributed by atoms with Crippen molar-refractivity contribution in [3.05, 3.63) is 41.1 Å². The monoisotopic (exact) mass is 310 g/mol. The molecule has 0 aliphatic heterocycles. The van der Waals surface area contributed by atoms with Crippen molar-refractivity contribution in [3.8, 4) is 0 Å². The van der Waals surface area contributed by atoms with Gasteiger partial charge in [-0.25, -0.2) is 13.2 Å². The number of aryl methyl sites for hydroxylation is 2. The van der Waals surface area contributed by atoms with Crippen LogP contribution in [-0.2, 0) is 21.2 Å². The highest BCUT2D eigenvalue weighted by atomic mass is 32.2. The Morgan fingerprint density at radius 3 is 2.57 bits per heavy atom. The van der Waals surface area contributed by atoms with Gasteiger partial charge in [0.05, 0.1) is 10.5 Å². The maximum absolute atomic E-state index is 12.0. The lowest BCUT2D eigenvalue weighted by molar-refractivity contribution is 0.0435. The molecule has 112 valence electrons. The number of sulfone groups is 1. The minimum absolute atomic E-state index is 0.0636. The molecule has 8 heteroatoms. The molecule has 1 aromatic heterocycles. The summed E-state index contributed by atoms with van der Waals surface area (Å²) < 4.78 is 33.2. The predicted molar refractivity (Wildman–Crippen MR) is 72.4 cm³/mol. The second-order valence-electron chi connectivity index (χ2n) is 4.54. The number of hydrogen-bond acceptors (Lipinski definition) is 7. The summed E-state index contributed by atoms with van der Waals surface area (Å²) in [5.41, 5.74) is 0.809. The lowest BCUT2D eigenvalue weighted by Gasteiger charge is -2.07. The van der Waals surface area contributed by atoms with E-state index in [1.54, 1.807) is 19.9 Å². The number of nitrogens with zero attached hydrogens (tertiary/aromatic N) is 2. The molecule has 21 heavy (non-hydrogen) atoms. The van der Waals surface area contributed by atoms with Gasteiger partial charge in [-0.3, -0.25) is 0 Å². The number of esters is 1. The van der Waals surface area contributed by atoms with E-state index < -0.39 is 15.8 Å². The number of aromatic nitrogens is 2. The fourth-order valence-corrected chi connectivity index (χ4v) is 2.30. The van der Waals surface area contributed by atoms with E-state index in [0.29, 0.717) is 11.5 Å². The fourth-order valence-electron chi connectivity index (χ4n) is 1.65.